The van der Waals surface area contributed by atoms with E-state index in [9.17, 15) is 29.9 Å². The zero-order chi connectivity index (χ0) is 30.9. The fourth-order valence-electron chi connectivity index (χ4n) is 4.14. The lowest BCUT2D eigenvalue weighted by Gasteiger charge is -2.33. The number of hydrogen-bond donors (Lipinski definition) is 4. The number of carbonyl (C=O) groups excluding carboxylic acids is 3. The van der Waals surface area contributed by atoms with Crippen molar-refractivity contribution in [2.24, 2.45) is 0 Å². The maximum Gasteiger partial charge on any atom is 0.408 e. The van der Waals surface area contributed by atoms with E-state index in [1.165, 1.54) is 31.4 Å². The molecule has 2 unspecified atom stereocenters. The van der Waals surface area contributed by atoms with Gasteiger partial charge in [0.2, 0.25) is 5.91 Å². The van der Waals surface area contributed by atoms with Crippen LogP contribution in [0.3, 0.4) is 0 Å². The number of amides is 3. The Morgan fingerprint density at radius 2 is 1.62 bits per heavy atom. The molecule has 2 atom stereocenters. The normalized spacial score (nSPS) is 12.3. The van der Waals surface area contributed by atoms with Gasteiger partial charge in [0, 0.05) is 17.7 Å². The molecule has 0 fully saturated rings. The first-order valence-electron chi connectivity index (χ1n) is 13.1. The van der Waals surface area contributed by atoms with Crippen molar-refractivity contribution in [2.45, 2.75) is 44.9 Å². The number of benzene rings is 3. The number of alkyl carbamates (subject to hydrolysis) is 1. The van der Waals surface area contributed by atoms with Crippen LogP contribution in [-0.2, 0) is 20.7 Å². The van der Waals surface area contributed by atoms with Gasteiger partial charge in [0.15, 0.2) is 0 Å². The highest BCUT2D eigenvalue weighted by atomic mass is 16.6. The molecule has 0 saturated heterocycles. The topological polar surface area (TPSA) is 161 Å². The zero-order valence-corrected chi connectivity index (χ0v) is 23.8. The minimum Gasteiger partial charge on any atom is -0.508 e. The van der Waals surface area contributed by atoms with E-state index in [2.05, 4.69) is 10.6 Å². The molecule has 0 bridgehead atoms. The lowest BCUT2D eigenvalue weighted by Crippen LogP contribution is -2.53. The summed E-state index contributed by atoms with van der Waals surface area (Å²) in [6.45, 7) is 4.46. The summed E-state index contributed by atoms with van der Waals surface area (Å²) >= 11 is 0. The number of phenols is 2. The highest BCUT2D eigenvalue weighted by Gasteiger charge is 2.37. The van der Waals surface area contributed by atoms with E-state index in [1.54, 1.807) is 69.3 Å². The van der Waals surface area contributed by atoms with Crippen molar-refractivity contribution in [3.8, 4) is 23.3 Å². The first-order valence-corrected chi connectivity index (χ1v) is 13.1. The Morgan fingerprint density at radius 1 is 0.976 bits per heavy atom. The van der Waals surface area contributed by atoms with Crippen LogP contribution in [0.15, 0.2) is 72.8 Å². The molecule has 0 spiro atoms. The van der Waals surface area contributed by atoms with Crippen LogP contribution in [0, 0.1) is 11.3 Å². The molecule has 220 valence electrons. The number of para-hydroxylation sites is 1. The molecule has 11 nitrogen and oxygen atoms in total. The molecule has 3 amide bonds. The van der Waals surface area contributed by atoms with Crippen LogP contribution >= 0.6 is 0 Å². The van der Waals surface area contributed by atoms with Crippen LogP contribution in [0.2, 0.25) is 0 Å². The van der Waals surface area contributed by atoms with E-state index in [0.717, 1.165) is 4.90 Å². The Morgan fingerprint density at radius 3 is 2.19 bits per heavy atom. The molecule has 0 aliphatic heterocycles. The summed E-state index contributed by atoms with van der Waals surface area (Å²) in [5, 5.41) is 35.4. The van der Waals surface area contributed by atoms with Crippen molar-refractivity contribution < 1.29 is 34.1 Å². The summed E-state index contributed by atoms with van der Waals surface area (Å²) < 4.78 is 10.5. The second-order valence-electron chi connectivity index (χ2n) is 10.4. The number of nitrogens with one attached hydrogen (secondary N) is 2. The first kappa shape index (κ1) is 31.3. The van der Waals surface area contributed by atoms with Gasteiger partial charge in [-0.05, 0) is 68.8 Å². The second-order valence-corrected chi connectivity index (χ2v) is 10.4. The molecule has 4 N–H and O–H groups in total. The second kappa shape index (κ2) is 13.9. The van der Waals surface area contributed by atoms with Crippen LogP contribution in [0.25, 0.3) is 0 Å². The van der Waals surface area contributed by atoms with Crippen molar-refractivity contribution in [3.63, 3.8) is 0 Å². The molecular formula is C31H34N4O7. The zero-order valence-electron chi connectivity index (χ0n) is 23.8. The lowest BCUT2D eigenvalue weighted by molar-refractivity contribution is -0.140. The molecule has 0 aromatic heterocycles. The Balaban J connectivity index is 2.04. The van der Waals surface area contributed by atoms with Crippen molar-refractivity contribution >= 4 is 23.6 Å². The van der Waals surface area contributed by atoms with Gasteiger partial charge in [0.05, 0.1) is 13.2 Å². The highest BCUT2D eigenvalue weighted by Crippen LogP contribution is 2.31. The minimum atomic E-state index is -1.46. The number of carbonyl (C=O) groups is 3. The molecule has 3 aromatic carbocycles. The van der Waals surface area contributed by atoms with E-state index in [-0.39, 0.29) is 23.5 Å². The first-order chi connectivity index (χ1) is 19.9. The third kappa shape index (κ3) is 8.63. The van der Waals surface area contributed by atoms with Gasteiger partial charge >= 0.3 is 6.09 Å². The average Bonchev–Trinajstić information content (AvgIpc) is 2.93. The van der Waals surface area contributed by atoms with E-state index < -0.39 is 42.1 Å². The molecule has 11 heteroatoms. The number of nitriles is 1. The Kier molecular flexibility index (Phi) is 10.4. The fraction of sp³-hybridized carbons (Fsp3) is 0.290. The molecule has 0 aliphatic carbocycles. The van der Waals surface area contributed by atoms with Crippen LogP contribution < -0.4 is 15.4 Å². The SMILES string of the molecule is COc1ccc(NC(=O)C(c2ccccc2O)N(CC#N)C(=O)C(Cc2ccc(O)cc2)NC(=O)OC(C)(C)C)cc1. The third-order valence-electron chi connectivity index (χ3n) is 6.04. The number of phenolic OH excluding ortho intramolecular Hbond substituents is 2. The number of ether oxygens (including phenoxy) is 2. The summed E-state index contributed by atoms with van der Waals surface area (Å²) in [5.41, 5.74) is 0.186. The van der Waals surface area contributed by atoms with Crippen molar-refractivity contribution in [1.29, 1.82) is 5.26 Å². The number of aromatic hydroxyl groups is 2. The molecule has 0 saturated carbocycles. The van der Waals surface area contributed by atoms with Gasteiger partial charge in [-0.3, -0.25) is 9.59 Å². The monoisotopic (exact) mass is 574 g/mol. The minimum absolute atomic E-state index is 0.0163. The summed E-state index contributed by atoms with van der Waals surface area (Å²) in [4.78, 5) is 41.7. The van der Waals surface area contributed by atoms with Gasteiger partial charge < -0.3 is 35.2 Å². The Labute approximate surface area is 244 Å². The van der Waals surface area contributed by atoms with E-state index >= 15 is 0 Å². The van der Waals surface area contributed by atoms with Gasteiger partial charge in [-0.2, -0.15) is 5.26 Å². The molecule has 0 heterocycles. The van der Waals surface area contributed by atoms with Crippen molar-refractivity contribution in [2.75, 3.05) is 19.0 Å². The van der Waals surface area contributed by atoms with Crippen molar-refractivity contribution in [3.05, 3.63) is 83.9 Å². The predicted molar refractivity (Wildman–Crippen MR) is 155 cm³/mol. The van der Waals surface area contributed by atoms with E-state index in [1.807, 2.05) is 6.07 Å². The smallest absolute Gasteiger partial charge is 0.408 e. The lowest BCUT2D eigenvalue weighted by atomic mass is 9.99. The van der Waals surface area contributed by atoms with Gasteiger partial charge in [0.25, 0.3) is 5.91 Å². The quantitative estimate of drug-likeness (QED) is 0.261. The average molecular weight is 575 g/mol. The van der Waals surface area contributed by atoms with E-state index in [0.29, 0.717) is 17.0 Å². The number of rotatable bonds is 10. The highest BCUT2D eigenvalue weighted by molar-refractivity contribution is 5.99. The predicted octanol–water partition coefficient (Wildman–Crippen LogP) is 4.27. The largest absolute Gasteiger partial charge is 0.508 e. The Bertz CT molecular complexity index is 1430. The van der Waals surface area contributed by atoms with Crippen molar-refractivity contribution in [1.82, 2.24) is 10.2 Å². The molecule has 0 radical (unpaired) electrons. The summed E-state index contributed by atoms with van der Waals surface area (Å²) in [6, 6.07) is 17.7. The van der Waals surface area contributed by atoms with Crippen LogP contribution in [0.5, 0.6) is 17.2 Å². The standard InChI is InChI=1S/C31H34N4O7/c1-31(2,3)42-30(40)34-25(19-20-9-13-22(36)14-10-20)29(39)35(18-17-32)27(24-7-5-6-8-26(24)37)28(38)33-21-11-15-23(41-4)16-12-21/h5-16,25,27,36-37H,18-19H2,1-4H3,(H,33,38)(H,34,40). The number of anilines is 1. The molecule has 3 aromatic rings. The fourth-order valence-corrected chi connectivity index (χ4v) is 4.14. The summed E-state index contributed by atoms with van der Waals surface area (Å²) in [7, 11) is 1.51. The molecule has 3 rings (SSSR count). The maximum absolute atomic E-state index is 14.1. The van der Waals surface area contributed by atoms with Gasteiger partial charge in [-0.1, -0.05) is 30.3 Å². The maximum atomic E-state index is 14.1. The molecule has 42 heavy (non-hydrogen) atoms. The summed E-state index contributed by atoms with van der Waals surface area (Å²) in [5.74, 6) is -1.16. The third-order valence-corrected chi connectivity index (χ3v) is 6.04. The van der Waals surface area contributed by atoms with Gasteiger partial charge in [0.1, 0.15) is 41.5 Å². The summed E-state index contributed by atoms with van der Waals surface area (Å²) in [6.07, 6.45) is -0.924. The van der Waals surface area contributed by atoms with E-state index in [4.69, 9.17) is 9.47 Å². The van der Waals surface area contributed by atoms with Gasteiger partial charge in [-0.15, -0.1) is 0 Å². The molecule has 0 aliphatic rings. The van der Waals surface area contributed by atoms with Gasteiger partial charge in [-0.25, -0.2) is 4.79 Å². The number of hydrogen-bond acceptors (Lipinski definition) is 8. The number of nitrogens with zero attached hydrogens (tertiary/aromatic N) is 2. The molecular weight excluding hydrogens is 540 g/mol. The van der Waals surface area contributed by atoms with Crippen LogP contribution in [0.1, 0.15) is 37.9 Å². The van der Waals surface area contributed by atoms with Crippen LogP contribution in [-0.4, -0.2) is 58.3 Å². The Hall–Kier alpha value is -5.24. The van der Waals surface area contributed by atoms with Crippen LogP contribution in [0.4, 0.5) is 10.5 Å². The number of methoxy groups -OCH3 is 1.